The number of aliphatic hydroxyl groups is 1. The summed E-state index contributed by atoms with van der Waals surface area (Å²) in [5, 5.41) is 9.71. The molecule has 0 radical (unpaired) electrons. The van der Waals surface area contributed by atoms with Crippen molar-refractivity contribution < 1.29 is 24.2 Å². The average Bonchev–Trinajstić information content (AvgIpc) is 3.55. The molecule has 1 atom stereocenters. The number of ether oxygens (including phenoxy) is 2. The zero-order valence-electron chi connectivity index (χ0n) is 56.9. The molecule has 88 heavy (non-hydrogen) atoms. The van der Waals surface area contributed by atoms with Gasteiger partial charge in [-0.15, -0.1) is 0 Å². The van der Waals surface area contributed by atoms with Crippen molar-refractivity contribution in [2.45, 2.75) is 315 Å². The molecular formula is C83H134O5. The molecule has 0 aliphatic heterocycles. The van der Waals surface area contributed by atoms with Crippen molar-refractivity contribution in [3.8, 4) is 0 Å². The number of unbranched alkanes of at least 4 members (excludes halogenated alkanes) is 27. The van der Waals surface area contributed by atoms with Gasteiger partial charge in [0.15, 0.2) is 6.10 Å². The zero-order chi connectivity index (χ0) is 63.3. The second-order valence-corrected chi connectivity index (χ2v) is 23.6. The second-order valence-electron chi connectivity index (χ2n) is 23.6. The van der Waals surface area contributed by atoms with Crippen LogP contribution in [0.4, 0.5) is 0 Å². The molecule has 0 aromatic carbocycles. The molecular weight excluding hydrogens is 1080 g/mol. The summed E-state index contributed by atoms with van der Waals surface area (Å²) >= 11 is 0. The molecule has 0 spiro atoms. The SMILES string of the molecule is CC/C=C\C/C=C\C/C=C\C/C=C\C/C=C\C/C=C\C/C=C\C/C=C\C/C=C\C/C=C\CCCCCCCCC(=O)OC(CO)COC(=O)CCCCCCCCCCCCCCCCCCCCCCC/C=C\C/C=C\C/C=C\C/C=C\C/C=C\CC. The average molecular weight is 1210 g/mol. The second kappa shape index (κ2) is 76.2. The van der Waals surface area contributed by atoms with Crippen LogP contribution < -0.4 is 0 Å². The normalized spacial score (nSPS) is 13.4. The lowest BCUT2D eigenvalue weighted by Crippen LogP contribution is -2.28. The minimum atomic E-state index is -0.793. The lowest BCUT2D eigenvalue weighted by Gasteiger charge is -2.15. The van der Waals surface area contributed by atoms with Crippen molar-refractivity contribution in [1.82, 2.24) is 0 Å². The van der Waals surface area contributed by atoms with Crippen LogP contribution in [0.25, 0.3) is 0 Å². The minimum absolute atomic E-state index is 0.0795. The maximum Gasteiger partial charge on any atom is 0.306 e. The van der Waals surface area contributed by atoms with Crippen LogP contribution in [-0.2, 0) is 19.1 Å². The molecule has 0 aliphatic rings. The Morgan fingerprint density at radius 2 is 0.455 bits per heavy atom. The highest BCUT2D eigenvalue weighted by Gasteiger charge is 2.16. The van der Waals surface area contributed by atoms with E-state index >= 15 is 0 Å². The summed E-state index contributed by atoms with van der Waals surface area (Å²) < 4.78 is 10.8. The molecule has 0 saturated heterocycles. The highest BCUT2D eigenvalue weighted by atomic mass is 16.6. The van der Waals surface area contributed by atoms with Gasteiger partial charge >= 0.3 is 11.9 Å². The number of allylic oxidation sites excluding steroid dienone is 30. The van der Waals surface area contributed by atoms with Gasteiger partial charge in [0, 0.05) is 12.8 Å². The molecule has 0 fully saturated rings. The standard InChI is InChI=1S/C83H134O5/c1-3-5-7-9-11-13-15-17-19-21-23-25-27-29-31-33-35-37-39-41-43-45-47-49-51-53-55-57-59-61-63-65-67-69-71-73-75-77-82(85)87-80-81(79-84)88-83(86)78-76-74-72-70-68-66-64-62-60-58-56-54-52-50-48-46-44-42-40-38-36-34-32-30-28-26-24-22-20-18-16-14-12-10-8-6-4-2/h5-8,11-14,17-20,23-26,29-32,36,38,42,44,48,50,54,56,60,62,81,84H,3-4,9-10,15-16,21-22,27-28,33-35,37,39-41,43,45-47,49,51-53,55,57-59,61,63-80H2,1-2H3/b7-5-,8-6-,13-11-,14-12-,19-17-,20-18-,25-23-,26-24-,31-29-,32-30-,38-36-,44-42-,50-48-,56-54-,62-60-. The van der Waals surface area contributed by atoms with Gasteiger partial charge in [-0.05, 0) is 135 Å². The first-order valence-electron chi connectivity index (χ1n) is 36.3. The fourth-order valence-electron chi connectivity index (χ4n) is 9.85. The lowest BCUT2D eigenvalue weighted by atomic mass is 10.0. The molecule has 0 aromatic heterocycles. The van der Waals surface area contributed by atoms with Crippen LogP contribution in [-0.4, -0.2) is 36.4 Å². The molecule has 5 heteroatoms. The van der Waals surface area contributed by atoms with Gasteiger partial charge in [-0.1, -0.05) is 344 Å². The lowest BCUT2D eigenvalue weighted by molar-refractivity contribution is -0.161. The predicted molar refractivity (Wildman–Crippen MR) is 389 cm³/mol. The number of carbonyl (C=O) groups is 2. The van der Waals surface area contributed by atoms with E-state index < -0.39 is 6.10 Å². The van der Waals surface area contributed by atoms with Gasteiger partial charge in [-0.2, -0.15) is 0 Å². The maximum absolute atomic E-state index is 12.4. The summed E-state index contributed by atoms with van der Waals surface area (Å²) in [6, 6.07) is 0. The van der Waals surface area contributed by atoms with E-state index in [1.807, 2.05) is 0 Å². The number of esters is 2. The van der Waals surface area contributed by atoms with Crippen LogP contribution in [0.5, 0.6) is 0 Å². The molecule has 0 saturated carbocycles. The van der Waals surface area contributed by atoms with Gasteiger partial charge < -0.3 is 14.6 Å². The van der Waals surface area contributed by atoms with Gasteiger partial charge in [0.25, 0.3) is 0 Å². The molecule has 5 nitrogen and oxygen atoms in total. The fourth-order valence-corrected chi connectivity index (χ4v) is 9.85. The van der Waals surface area contributed by atoms with Gasteiger partial charge in [0.2, 0.25) is 0 Å². The smallest absolute Gasteiger partial charge is 0.306 e. The quantitative estimate of drug-likeness (QED) is 0.0373. The van der Waals surface area contributed by atoms with Crippen molar-refractivity contribution in [2.24, 2.45) is 0 Å². The van der Waals surface area contributed by atoms with Crippen LogP contribution in [0.3, 0.4) is 0 Å². The molecule has 496 valence electrons. The summed E-state index contributed by atoms with van der Waals surface area (Å²) in [4.78, 5) is 24.7. The first-order chi connectivity index (χ1) is 43.6. The zero-order valence-corrected chi connectivity index (χ0v) is 56.9. The summed E-state index contributed by atoms with van der Waals surface area (Å²) in [6.45, 7) is 3.91. The van der Waals surface area contributed by atoms with Crippen molar-refractivity contribution in [3.05, 3.63) is 182 Å². The van der Waals surface area contributed by atoms with Crippen LogP contribution in [0, 0.1) is 0 Å². The van der Waals surface area contributed by atoms with Crippen LogP contribution in [0.2, 0.25) is 0 Å². The Labute approximate surface area is 544 Å². The summed E-state index contributed by atoms with van der Waals surface area (Å²) in [5.74, 6) is -0.608. The topological polar surface area (TPSA) is 72.8 Å². The number of hydrogen-bond acceptors (Lipinski definition) is 5. The summed E-state index contributed by atoms with van der Waals surface area (Å²) in [7, 11) is 0. The molecule has 0 heterocycles. The molecule has 0 aromatic rings. The molecule has 0 amide bonds. The monoisotopic (exact) mass is 1210 g/mol. The van der Waals surface area contributed by atoms with E-state index in [2.05, 4.69) is 196 Å². The van der Waals surface area contributed by atoms with Crippen molar-refractivity contribution >= 4 is 11.9 Å². The Hall–Kier alpha value is -5.00. The van der Waals surface area contributed by atoms with Gasteiger partial charge in [-0.3, -0.25) is 9.59 Å². The number of carbonyl (C=O) groups excluding carboxylic acids is 2. The fraction of sp³-hybridized carbons (Fsp3) is 0.614. The van der Waals surface area contributed by atoms with E-state index in [1.165, 1.54) is 141 Å². The Balaban J connectivity index is 3.54. The highest BCUT2D eigenvalue weighted by molar-refractivity contribution is 5.70. The first kappa shape index (κ1) is 83.0. The molecule has 0 bridgehead atoms. The van der Waals surface area contributed by atoms with Crippen LogP contribution in [0.15, 0.2) is 182 Å². The van der Waals surface area contributed by atoms with E-state index in [-0.39, 0.29) is 25.2 Å². The number of aliphatic hydroxyl groups excluding tert-OH is 1. The van der Waals surface area contributed by atoms with Gasteiger partial charge in [0.1, 0.15) is 6.61 Å². The van der Waals surface area contributed by atoms with Crippen molar-refractivity contribution in [1.29, 1.82) is 0 Å². The molecule has 1 unspecified atom stereocenters. The number of hydrogen-bond donors (Lipinski definition) is 1. The molecule has 0 aliphatic carbocycles. The first-order valence-corrected chi connectivity index (χ1v) is 36.3. The van der Waals surface area contributed by atoms with E-state index in [0.717, 1.165) is 141 Å². The highest BCUT2D eigenvalue weighted by Crippen LogP contribution is 2.17. The van der Waals surface area contributed by atoms with Crippen molar-refractivity contribution in [2.75, 3.05) is 13.2 Å². The van der Waals surface area contributed by atoms with Crippen molar-refractivity contribution in [3.63, 3.8) is 0 Å². The number of rotatable bonds is 65. The van der Waals surface area contributed by atoms with E-state index in [9.17, 15) is 14.7 Å². The Morgan fingerprint density at radius 1 is 0.261 bits per heavy atom. The maximum atomic E-state index is 12.4. The third-order valence-corrected chi connectivity index (χ3v) is 15.2. The third-order valence-electron chi connectivity index (χ3n) is 15.2. The largest absolute Gasteiger partial charge is 0.462 e. The summed E-state index contributed by atoms with van der Waals surface area (Å²) in [5.41, 5.74) is 0. The summed E-state index contributed by atoms with van der Waals surface area (Å²) in [6.07, 6.45) is 119. The van der Waals surface area contributed by atoms with E-state index in [4.69, 9.17) is 9.47 Å². The van der Waals surface area contributed by atoms with Crippen LogP contribution >= 0.6 is 0 Å². The predicted octanol–water partition coefficient (Wildman–Crippen LogP) is 25.8. The van der Waals surface area contributed by atoms with E-state index in [1.54, 1.807) is 0 Å². The Bertz CT molecular complexity index is 1960. The molecule has 1 N–H and O–H groups in total. The van der Waals surface area contributed by atoms with E-state index in [0.29, 0.717) is 12.8 Å². The third kappa shape index (κ3) is 73.5. The van der Waals surface area contributed by atoms with Gasteiger partial charge in [-0.25, -0.2) is 0 Å². The minimum Gasteiger partial charge on any atom is -0.462 e. The van der Waals surface area contributed by atoms with Crippen LogP contribution in [0.1, 0.15) is 309 Å². The Morgan fingerprint density at radius 3 is 0.682 bits per heavy atom. The molecule has 0 rings (SSSR count). The van der Waals surface area contributed by atoms with Gasteiger partial charge in [0.05, 0.1) is 6.61 Å². The Kier molecular flexibility index (Phi) is 71.9.